The first-order valence-electron chi connectivity index (χ1n) is 10.6. The van der Waals surface area contributed by atoms with Gasteiger partial charge in [-0.05, 0) is 74.1 Å². The molecule has 1 aliphatic rings. The molecule has 32 heavy (non-hydrogen) atoms. The van der Waals surface area contributed by atoms with Gasteiger partial charge < -0.3 is 20.1 Å². The zero-order valence-electron chi connectivity index (χ0n) is 18.6. The van der Waals surface area contributed by atoms with Gasteiger partial charge in [0.05, 0.1) is 13.2 Å². The zero-order valence-corrected chi connectivity index (χ0v) is 20.2. The van der Waals surface area contributed by atoms with Gasteiger partial charge in [0.2, 0.25) is 0 Å². The molecule has 0 saturated carbocycles. The Bertz CT molecular complexity index is 1070. The molecule has 3 aromatic rings. The fourth-order valence-electron chi connectivity index (χ4n) is 3.78. The van der Waals surface area contributed by atoms with Crippen molar-refractivity contribution in [2.24, 2.45) is 0 Å². The van der Waals surface area contributed by atoms with Gasteiger partial charge in [-0.25, -0.2) is 0 Å². The molecule has 1 atom stereocenters. The highest BCUT2D eigenvalue weighted by atomic mass is 32.2. The second kappa shape index (κ2) is 9.84. The molecule has 6 heteroatoms. The van der Waals surface area contributed by atoms with Crippen LogP contribution in [0.1, 0.15) is 37.4 Å². The van der Waals surface area contributed by atoms with Crippen LogP contribution >= 0.6 is 24.0 Å². The summed E-state index contributed by atoms with van der Waals surface area (Å²) in [6.07, 6.45) is 0.796. The van der Waals surface area contributed by atoms with Crippen LogP contribution in [0.2, 0.25) is 0 Å². The molecule has 166 valence electrons. The largest absolute Gasteiger partial charge is 0.497 e. The lowest BCUT2D eigenvalue weighted by molar-refractivity contribution is 0.0695. The summed E-state index contributed by atoms with van der Waals surface area (Å²) in [4.78, 5) is 1.27. The Balaban J connectivity index is 1.38. The topological polar surface area (TPSA) is 42.5 Å². The minimum absolute atomic E-state index is 0.0328. The molecule has 0 radical (unpaired) electrons. The Morgan fingerprint density at radius 2 is 1.84 bits per heavy atom. The third-order valence-electron chi connectivity index (χ3n) is 5.34. The highest BCUT2D eigenvalue weighted by Crippen LogP contribution is 2.41. The van der Waals surface area contributed by atoms with Crippen LogP contribution in [-0.2, 0) is 5.75 Å². The summed E-state index contributed by atoms with van der Waals surface area (Å²) in [5.41, 5.74) is 3.01. The number of fused-ring (bicyclic) bond motifs is 1. The van der Waals surface area contributed by atoms with Crippen molar-refractivity contribution >= 4 is 34.8 Å². The summed E-state index contributed by atoms with van der Waals surface area (Å²) < 4.78 is 11.6. The van der Waals surface area contributed by atoms with Gasteiger partial charge in [-0.1, -0.05) is 30.3 Å². The van der Waals surface area contributed by atoms with Crippen molar-refractivity contribution in [1.82, 2.24) is 5.32 Å². The number of hydrogen-bond donors (Lipinski definition) is 2. The summed E-state index contributed by atoms with van der Waals surface area (Å²) in [5, 5.41) is 7.38. The maximum Gasteiger partial charge on any atom is 0.171 e. The van der Waals surface area contributed by atoms with E-state index in [1.54, 1.807) is 7.11 Å². The molecule has 0 bridgehead atoms. The smallest absolute Gasteiger partial charge is 0.171 e. The Kier molecular flexibility index (Phi) is 6.92. The van der Waals surface area contributed by atoms with E-state index in [1.165, 1.54) is 10.5 Å². The number of rotatable bonds is 6. The molecule has 2 N–H and O–H groups in total. The third kappa shape index (κ3) is 5.75. The molecule has 3 aromatic carbocycles. The quantitative estimate of drug-likeness (QED) is 0.317. The summed E-state index contributed by atoms with van der Waals surface area (Å²) >= 11 is 7.46. The van der Waals surface area contributed by atoms with Crippen LogP contribution in [0, 0.1) is 0 Å². The van der Waals surface area contributed by atoms with Crippen LogP contribution in [-0.4, -0.2) is 17.8 Å². The van der Waals surface area contributed by atoms with Gasteiger partial charge >= 0.3 is 0 Å². The maximum absolute atomic E-state index is 6.16. The maximum atomic E-state index is 6.16. The van der Waals surface area contributed by atoms with E-state index in [1.807, 2.05) is 36.0 Å². The van der Waals surface area contributed by atoms with Crippen molar-refractivity contribution in [1.29, 1.82) is 0 Å². The minimum atomic E-state index is -0.285. The predicted octanol–water partition coefficient (Wildman–Crippen LogP) is 6.58. The van der Waals surface area contributed by atoms with Crippen LogP contribution in [0.5, 0.6) is 11.5 Å². The first-order chi connectivity index (χ1) is 15.4. The Hall–Kier alpha value is -2.70. The monoisotopic (exact) mass is 464 g/mol. The van der Waals surface area contributed by atoms with Gasteiger partial charge in [-0.15, -0.1) is 11.8 Å². The number of hydrogen-bond acceptors (Lipinski definition) is 4. The minimum Gasteiger partial charge on any atom is -0.497 e. The second-order valence-corrected chi connectivity index (χ2v) is 9.88. The lowest BCUT2D eigenvalue weighted by Gasteiger charge is -2.38. The SMILES string of the molecule is COc1ccc2c(c1)[C@@H](NC(=S)Nc1ccc(CSc3ccccc3)cc1)CC(C)(C)O2. The molecule has 4 nitrogen and oxygen atoms in total. The van der Waals surface area contributed by atoms with Crippen LogP contribution in [0.15, 0.2) is 77.7 Å². The molecule has 0 aromatic heterocycles. The first kappa shape index (κ1) is 22.5. The van der Waals surface area contributed by atoms with Crippen molar-refractivity contribution in [2.45, 2.75) is 42.6 Å². The molecule has 0 unspecified atom stereocenters. The number of thioether (sulfide) groups is 1. The molecule has 0 spiro atoms. The van der Waals surface area contributed by atoms with E-state index in [0.29, 0.717) is 5.11 Å². The van der Waals surface area contributed by atoms with Gasteiger partial charge in [-0.2, -0.15) is 0 Å². The number of nitrogens with one attached hydrogen (secondary N) is 2. The lowest BCUT2D eigenvalue weighted by Crippen LogP contribution is -2.42. The highest BCUT2D eigenvalue weighted by molar-refractivity contribution is 7.98. The average Bonchev–Trinajstić information content (AvgIpc) is 2.78. The number of ether oxygens (including phenoxy) is 2. The Morgan fingerprint density at radius 3 is 2.56 bits per heavy atom. The highest BCUT2D eigenvalue weighted by Gasteiger charge is 2.34. The molecular weight excluding hydrogens is 436 g/mol. The van der Waals surface area contributed by atoms with Crippen molar-refractivity contribution < 1.29 is 9.47 Å². The van der Waals surface area contributed by atoms with Gasteiger partial charge in [0, 0.05) is 28.3 Å². The second-order valence-electron chi connectivity index (χ2n) is 8.42. The molecular formula is C26H28N2O2S2. The van der Waals surface area contributed by atoms with E-state index in [0.717, 1.165) is 34.9 Å². The normalized spacial score (nSPS) is 16.4. The van der Waals surface area contributed by atoms with Crippen molar-refractivity contribution in [3.63, 3.8) is 0 Å². The van der Waals surface area contributed by atoms with Crippen molar-refractivity contribution in [3.8, 4) is 11.5 Å². The fraction of sp³-hybridized carbons (Fsp3) is 0.269. The predicted molar refractivity (Wildman–Crippen MR) is 137 cm³/mol. The summed E-state index contributed by atoms with van der Waals surface area (Å²) in [6, 6.07) is 24.8. The van der Waals surface area contributed by atoms with Crippen LogP contribution < -0.4 is 20.1 Å². The molecule has 0 saturated heterocycles. The Labute approximate surface area is 199 Å². The van der Waals surface area contributed by atoms with Gasteiger partial charge in [-0.3, -0.25) is 0 Å². The molecule has 0 aliphatic carbocycles. The zero-order chi connectivity index (χ0) is 22.6. The first-order valence-corrected chi connectivity index (χ1v) is 12.0. The average molecular weight is 465 g/mol. The summed E-state index contributed by atoms with van der Waals surface area (Å²) in [5.74, 6) is 2.60. The van der Waals surface area contributed by atoms with E-state index in [-0.39, 0.29) is 11.6 Å². The van der Waals surface area contributed by atoms with E-state index in [4.69, 9.17) is 21.7 Å². The van der Waals surface area contributed by atoms with E-state index in [2.05, 4.69) is 73.0 Å². The number of thiocarbonyl (C=S) groups is 1. The summed E-state index contributed by atoms with van der Waals surface area (Å²) in [7, 11) is 1.67. The van der Waals surface area contributed by atoms with Gasteiger partial charge in [0.25, 0.3) is 0 Å². The molecule has 0 fully saturated rings. The van der Waals surface area contributed by atoms with Crippen LogP contribution in [0.3, 0.4) is 0 Å². The van der Waals surface area contributed by atoms with Crippen LogP contribution in [0.4, 0.5) is 5.69 Å². The van der Waals surface area contributed by atoms with E-state index in [9.17, 15) is 0 Å². The van der Waals surface area contributed by atoms with Gasteiger partial charge in [0.1, 0.15) is 17.1 Å². The number of benzene rings is 3. The van der Waals surface area contributed by atoms with E-state index >= 15 is 0 Å². The third-order valence-corrected chi connectivity index (χ3v) is 6.64. The number of methoxy groups -OCH3 is 1. The molecule has 4 rings (SSSR count). The standard InChI is InChI=1S/C26H28N2O2S2/c1-26(2)16-23(22-15-20(29-3)13-14-24(22)30-26)28-25(31)27-19-11-9-18(10-12-19)17-32-21-7-5-4-6-8-21/h4-15,23H,16-17H2,1-3H3,(H2,27,28,31)/t23-/m0/s1. The van der Waals surface area contributed by atoms with Crippen molar-refractivity contribution in [3.05, 3.63) is 83.9 Å². The molecule has 0 amide bonds. The van der Waals surface area contributed by atoms with Gasteiger partial charge in [0.15, 0.2) is 5.11 Å². The Morgan fingerprint density at radius 1 is 1.09 bits per heavy atom. The molecule has 1 aliphatic heterocycles. The van der Waals surface area contributed by atoms with Crippen molar-refractivity contribution in [2.75, 3.05) is 12.4 Å². The summed E-state index contributed by atoms with van der Waals surface area (Å²) in [6.45, 7) is 4.19. The van der Waals surface area contributed by atoms with Crippen LogP contribution in [0.25, 0.3) is 0 Å². The fourth-order valence-corrected chi connectivity index (χ4v) is 4.92. The lowest BCUT2D eigenvalue weighted by atomic mass is 9.89. The molecule has 1 heterocycles. The number of anilines is 1. The van der Waals surface area contributed by atoms with E-state index < -0.39 is 0 Å².